The first kappa shape index (κ1) is 14.0. The SMILES string of the molecule is CC1CC(O)C(C(C)(C)C)CC1C(C)(C)C. The zero-order valence-electron chi connectivity index (χ0n) is 12.2. The van der Waals surface area contributed by atoms with Gasteiger partial charge in [0.1, 0.15) is 0 Å². The average Bonchev–Trinajstić information content (AvgIpc) is 1.97. The minimum absolute atomic E-state index is 0.103. The van der Waals surface area contributed by atoms with E-state index in [1.165, 1.54) is 6.42 Å². The Kier molecular flexibility index (Phi) is 3.79. The van der Waals surface area contributed by atoms with Crippen molar-refractivity contribution >= 4 is 0 Å². The van der Waals surface area contributed by atoms with Gasteiger partial charge in [-0.1, -0.05) is 48.5 Å². The standard InChI is InChI=1S/C15H30O/c1-10-8-13(16)12(15(5,6)7)9-11(10)14(2,3)4/h10-13,16H,8-9H2,1-7H3. The Bertz CT molecular complexity index is 207. The smallest absolute Gasteiger partial charge is 0.0576 e. The second-order valence-electron chi connectivity index (χ2n) is 7.96. The maximum absolute atomic E-state index is 10.3. The molecule has 0 aromatic carbocycles. The molecule has 1 heteroatoms. The lowest BCUT2D eigenvalue weighted by Gasteiger charge is -2.48. The Morgan fingerprint density at radius 2 is 1.25 bits per heavy atom. The predicted molar refractivity (Wildman–Crippen MR) is 70.3 cm³/mol. The maximum atomic E-state index is 10.3. The van der Waals surface area contributed by atoms with Crippen molar-refractivity contribution in [2.24, 2.45) is 28.6 Å². The number of aliphatic hydroxyl groups excluding tert-OH is 1. The Balaban J connectivity index is 2.85. The Hall–Kier alpha value is -0.0400. The lowest BCUT2D eigenvalue weighted by atomic mass is 9.59. The molecule has 96 valence electrons. The molecule has 0 aliphatic heterocycles. The first-order valence-electron chi connectivity index (χ1n) is 6.71. The average molecular weight is 226 g/mol. The van der Waals surface area contributed by atoms with E-state index in [0.717, 1.165) is 12.3 Å². The van der Waals surface area contributed by atoms with Crippen LogP contribution in [0.15, 0.2) is 0 Å². The first-order chi connectivity index (χ1) is 7.03. The third kappa shape index (κ3) is 3.00. The molecule has 1 fully saturated rings. The largest absolute Gasteiger partial charge is 0.393 e. The fourth-order valence-electron chi connectivity index (χ4n) is 3.51. The minimum atomic E-state index is -0.103. The molecule has 0 aromatic rings. The van der Waals surface area contributed by atoms with Crippen molar-refractivity contribution in [2.75, 3.05) is 0 Å². The molecule has 0 bridgehead atoms. The van der Waals surface area contributed by atoms with Crippen LogP contribution >= 0.6 is 0 Å². The summed E-state index contributed by atoms with van der Waals surface area (Å²) < 4.78 is 0. The molecule has 1 nitrogen and oxygen atoms in total. The summed E-state index contributed by atoms with van der Waals surface area (Å²) in [6, 6.07) is 0. The Morgan fingerprint density at radius 3 is 1.62 bits per heavy atom. The van der Waals surface area contributed by atoms with Gasteiger partial charge in [-0.05, 0) is 41.4 Å². The Morgan fingerprint density at radius 1 is 0.812 bits per heavy atom. The van der Waals surface area contributed by atoms with E-state index in [1.807, 2.05) is 0 Å². The molecule has 0 spiro atoms. The van der Waals surface area contributed by atoms with Gasteiger partial charge in [0.25, 0.3) is 0 Å². The molecule has 0 saturated heterocycles. The molecule has 4 atom stereocenters. The van der Waals surface area contributed by atoms with Gasteiger partial charge in [-0.25, -0.2) is 0 Å². The minimum Gasteiger partial charge on any atom is -0.393 e. The van der Waals surface area contributed by atoms with Gasteiger partial charge in [-0.2, -0.15) is 0 Å². The van der Waals surface area contributed by atoms with Gasteiger partial charge in [0.2, 0.25) is 0 Å². The van der Waals surface area contributed by atoms with Crippen molar-refractivity contribution in [1.29, 1.82) is 0 Å². The Labute approximate surface area is 102 Å². The predicted octanol–water partition coefficient (Wildman–Crippen LogP) is 4.10. The summed E-state index contributed by atoms with van der Waals surface area (Å²) in [6.45, 7) is 16.1. The quantitative estimate of drug-likeness (QED) is 0.659. The van der Waals surface area contributed by atoms with E-state index in [2.05, 4.69) is 48.5 Å². The summed E-state index contributed by atoms with van der Waals surface area (Å²) in [5, 5.41) is 10.3. The van der Waals surface area contributed by atoms with Gasteiger partial charge >= 0.3 is 0 Å². The number of hydrogen-bond donors (Lipinski definition) is 1. The van der Waals surface area contributed by atoms with Crippen LogP contribution in [0, 0.1) is 28.6 Å². The van der Waals surface area contributed by atoms with Crippen molar-refractivity contribution < 1.29 is 5.11 Å². The van der Waals surface area contributed by atoms with E-state index in [4.69, 9.17) is 0 Å². The summed E-state index contributed by atoms with van der Waals surface area (Å²) in [6.07, 6.45) is 2.05. The van der Waals surface area contributed by atoms with E-state index in [0.29, 0.717) is 17.3 Å². The zero-order chi connectivity index (χ0) is 12.7. The highest BCUT2D eigenvalue weighted by molar-refractivity contribution is 4.93. The van der Waals surface area contributed by atoms with Crippen molar-refractivity contribution in [3.8, 4) is 0 Å². The van der Waals surface area contributed by atoms with Crippen molar-refractivity contribution in [3.63, 3.8) is 0 Å². The van der Waals surface area contributed by atoms with Gasteiger partial charge < -0.3 is 5.11 Å². The summed E-state index contributed by atoms with van der Waals surface area (Å²) in [7, 11) is 0. The maximum Gasteiger partial charge on any atom is 0.0576 e. The molecule has 0 radical (unpaired) electrons. The van der Waals surface area contributed by atoms with Crippen molar-refractivity contribution in [3.05, 3.63) is 0 Å². The van der Waals surface area contributed by atoms with Crippen LogP contribution in [0.1, 0.15) is 61.3 Å². The molecular formula is C15H30O. The summed E-state index contributed by atoms with van der Waals surface area (Å²) in [5.74, 6) is 1.83. The van der Waals surface area contributed by atoms with Gasteiger partial charge in [0.05, 0.1) is 6.10 Å². The third-order valence-corrected chi connectivity index (χ3v) is 4.50. The van der Waals surface area contributed by atoms with Crippen LogP contribution in [0.2, 0.25) is 0 Å². The first-order valence-corrected chi connectivity index (χ1v) is 6.71. The second kappa shape index (κ2) is 4.33. The van der Waals surface area contributed by atoms with E-state index in [9.17, 15) is 5.11 Å². The fourth-order valence-corrected chi connectivity index (χ4v) is 3.51. The normalized spacial score (nSPS) is 37.5. The fraction of sp³-hybridized carbons (Fsp3) is 1.00. The second-order valence-corrected chi connectivity index (χ2v) is 7.96. The van der Waals surface area contributed by atoms with E-state index >= 15 is 0 Å². The molecule has 1 aliphatic rings. The van der Waals surface area contributed by atoms with Gasteiger partial charge in [-0.15, -0.1) is 0 Å². The van der Waals surface area contributed by atoms with Crippen LogP contribution in [0.4, 0.5) is 0 Å². The topological polar surface area (TPSA) is 20.2 Å². The van der Waals surface area contributed by atoms with Gasteiger partial charge in [0, 0.05) is 0 Å². The van der Waals surface area contributed by atoms with E-state index < -0.39 is 0 Å². The number of aliphatic hydroxyl groups is 1. The molecule has 0 amide bonds. The molecular weight excluding hydrogens is 196 g/mol. The van der Waals surface area contributed by atoms with E-state index in [1.54, 1.807) is 0 Å². The molecule has 1 saturated carbocycles. The highest BCUT2D eigenvalue weighted by Gasteiger charge is 2.43. The lowest BCUT2D eigenvalue weighted by Crippen LogP contribution is -2.44. The molecule has 0 heterocycles. The van der Waals surface area contributed by atoms with Crippen LogP contribution < -0.4 is 0 Å². The number of hydrogen-bond acceptors (Lipinski definition) is 1. The molecule has 4 unspecified atom stereocenters. The van der Waals surface area contributed by atoms with Crippen LogP contribution in [0.5, 0.6) is 0 Å². The highest BCUT2D eigenvalue weighted by atomic mass is 16.3. The monoisotopic (exact) mass is 226 g/mol. The van der Waals surface area contributed by atoms with Crippen LogP contribution in [-0.2, 0) is 0 Å². The summed E-state index contributed by atoms with van der Waals surface area (Å²) >= 11 is 0. The molecule has 0 aromatic heterocycles. The van der Waals surface area contributed by atoms with Crippen LogP contribution in [0.3, 0.4) is 0 Å². The van der Waals surface area contributed by atoms with E-state index in [-0.39, 0.29) is 11.5 Å². The highest BCUT2D eigenvalue weighted by Crippen LogP contribution is 2.48. The zero-order valence-corrected chi connectivity index (χ0v) is 12.2. The molecule has 1 aliphatic carbocycles. The molecule has 16 heavy (non-hydrogen) atoms. The molecule has 1 rings (SSSR count). The van der Waals surface area contributed by atoms with Crippen LogP contribution in [0.25, 0.3) is 0 Å². The van der Waals surface area contributed by atoms with Gasteiger partial charge in [-0.3, -0.25) is 0 Å². The van der Waals surface area contributed by atoms with Crippen molar-refractivity contribution in [1.82, 2.24) is 0 Å². The summed E-state index contributed by atoms with van der Waals surface area (Å²) in [5.41, 5.74) is 0.589. The van der Waals surface area contributed by atoms with Crippen LogP contribution in [-0.4, -0.2) is 11.2 Å². The van der Waals surface area contributed by atoms with Gasteiger partial charge in [0.15, 0.2) is 0 Å². The summed E-state index contributed by atoms with van der Waals surface area (Å²) in [4.78, 5) is 0. The third-order valence-electron chi connectivity index (χ3n) is 4.50. The number of rotatable bonds is 0. The lowest BCUT2D eigenvalue weighted by molar-refractivity contribution is -0.0545. The van der Waals surface area contributed by atoms with Crippen molar-refractivity contribution in [2.45, 2.75) is 67.4 Å². The molecule has 1 N–H and O–H groups in total.